The monoisotopic (exact) mass is 718 g/mol. The van der Waals surface area contributed by atoms with Gasteiger partial charge in [0, 0.05) is 61.1 Å². The van der Waals surface area contributed by atoms with Gasteiger partial charge in [-0.3, -0.25) is 4.79 Å². The maximum Gasteiger partial charge on any atom is 0.407 e. The number of rotatable bonds is 17. The number of nitrogens with zero attached hydrogens (tertiary/aromatic N) is 1. The van der Waals surface area contributed by atoms with E-state index in [9.17, 15) is 18.0 Å². The molecular formula is C36H48ClFN4O6S. The minimum atomic E-state index is -3.80. The summed E-state index contributed by atoms with van der Waals surface area (Å²) in [5, 5.41) is 9.17. The number of nitrogens with one attached hydrogen (secondary N) is 3. The summed E-state index contributed by atoms with van der Waals surface area (Å²) in [6.45, 7) is 11.6. The molecule has 1 saturated heterocycles. The van der Waals surface area contributed by atoms with Crippen LogP contribution in [-0.2, 0) is 24.3 Å². The van der Waals surface area contributed by atoms with Crippen molar-refractivity contribution in [2.24, 2.45) is 5.92 Å². The number of ether oxygens (including phenoxy) is 2. The van der Waals surface area contributed by atoms with Crippen LogP contribution in [0.25, 0.3) is 0 Å². The largest absolute Gasteiger partial charge is 0.453 e. The number of methoxy groups -OCH3 is 1. The van der Waals surface area contributed by atoms with Gasteiger partial charge in [0.2, 0.25) is 15.9 Å². The van der Waals surface area contributed by atoms with Crippen molar-refractivity contribution < 1.29 is 31.9 Å². The molecule has 3 N–H and O–H groups in total. The topological polar surface area (TPSA) is 126 Å². The lowest BCUT2D eigenvalue weighted by Gasteiger charge is -2.35. The van der Waals surface area contributed by atoms with Crippen molar-refractivity contribution in [3.8, 4) is 0 Å². The number of benzene rings is 2. The van der Waals surface area contributed by atoms with Crippen LogP contribution < -0.4 is 16.0 Å². The Hall–Kier alpha value is -3.55. The third-order valence-electron chi connectivity index (χ3n) is 8.50. The Morgan fingerprint density at radius 1 is 1.18 bits per heavy atom. The Balaban J connectivity index is 1.91. The zero-order chi connectivity index (χ0) is 36.0. The first-order valence-corrected chi connectivity index (χ1v) is 18.2. The summed E-state index contributed by atoms with van der Waals surface area (Å²) in [6, 6.07) is 13.6. The van der Waals surface area contributed by atoms with Gasteiger partial charge in [-0.05, 0) is 74.9 Å². The predicted octanol–water partition coefficient (Wildman–Crippen LogP) is 6.08. The van der Waals surface area contributed by atoms with Crippen LogP contribution in [0.15, 0.2) is 95.3 Å². The number of sulfonamides is 1. The quantitative estimate of drug-likeness (QED) is 0.134. The average Bonchev–Trinajstić information content (AvgIpc) is 3.09. The predicted molar refractivity (Wildman–Crippen MR) is 190 cm³/mol. The van der Waals surface area contributed by atoms with Crippen molar-refractivity contribution in [3.05, 3.63) is 101 Å². The van der Waals surface area contributed by atoms with E-state index in [1.165, 1.54) is 23.6 Å². The van der Waals surface area contributed by atoms with E-state index < -0.39 is 45.9 Å². The second-order valence-electron chi connectivity index (χ2n) is 11.8. The molecule has 13 heteroatoms. The van der Waals surface area contributed by atoms with E-state index in [1.807, 2.05) is 13.8 Å². The number of alkyl carbamates (subject to hydrolysis) is 1. The Morgan fingerprint density at radius 3 is 2.51 bits per heavy atom. The fraction of sp³-hybridized carbons (Fsp3) is 0.444. The molecule has 49 heavy (non-hydrogen) atoms. The lowest BCUT2D eigenvalue weighted by atomic mass is 9.79. The van der Waals surface area contributed by atoms with Gasteiger partial charge >= 0.3 is 6.09 Å². The van der Waals surface area contributed by atoms with Gasteiger partial charge in [0.15, 0.2) is 0 Å². The molecule has 1 aliphatic rings. The van der Waals surface area contributed by atoms with Gasteiger partial charge in [-0.15, -0.1) is 0 Å². The normalized spacial score (nSPS) is 17.9. The molecule has 268 valence electrons. The SMILES string of the molecule is C=C(NC(=O)[C@@H](NC(=O)OC)[C@@H](c1ccc(Cl)cc1)C(C)CCOCC)/C(CC[C@H]1CNCCN1S(=O)(=O)c1ccccc1)=C(F)\C=C/C. The average molecular weight is 719 g/mol. The van der Waals surface area contributed by atoms with Crippen LogP contribution in [0.2, 0.25) is 5.02 Å². The highest BCUT2D eigenvalue weighted by Gasteiger charge is 2.37. The van der Waals surface area contributed by atoms with Crippen molar-refractivity contribution in [3.63, 3.8) is 0 Å². The summed E-state index contributed by atoms with van der Waals surface area (Å²) in [5.41, 5.74) is 0.851. The van der Waals surface area contributed by atoms with Crippen molar-refractivity contribution in [1.82, 2.24) is 20.3 Å². The summed E-state index contributed by atoms with van der Waals surface area (Å²) < 4.78 is 54.7. The second kappa shape index (κ2) is 19.6. The van der Waals surface area contributed by atoms with Gasteiger partial charge in [0.1, 0.15) is 11.9 Å². The van der Waals surface area contributed by atoms with E-state index in [0.29, 0.717) is 37.7 Å². The molecule has 2 amide bonds. The van der Waals surface area contributed by atoms with E-state index in [0.717, 1.165) is 5.56 Å². The highest BCUT2D eigenvalue weighted by atomic mass is 35.5. The molecule has 3 rings (SSSR count). The number of hydrogen-bond donors (Lipinski definition) is 3. The van der Waals surface area contributed by atoms with Crippen molar-refractivity contribution >= 4 is 33.6 Å². The van der Waals surface area contributed by atoms with Crippen LogP contribution in [0.1, 0.15) is 51.5 Å². The molecule has 0 aromatic heterocycles. The van der Waals surface area contributed by atoms with Gasteiger partial charge in [-0.25, -0.2) is 17.6 Å². The number of hydrogen-bond acceptors (Lipinski definition) is 7. The highest BCUT2D eigenvalue weighted by Crippen LogP contribution is 2.33. The molecule has 0 bridgehead atoms. The number of halogens is 2. The van der Waals surface area contributed by atoms with Crippen LogP contribution in [0.3, 0.4) is 0 Å². The number of allylic oxidation sites excluding steroid dienone is 4. The molecular weight excluding hydrogens is 671 g/mol. The molecule has 2 aromatic carbocycles. The first-order valence-electron chi connectivity index (χ1n) is 16.4. The molecule has 0 aliphatic carbocycles. The zero-order valence-corrected chi connectivity index (χ0v) is 30.2. The number of piperazine rings is 1. The van der Waals surface area contributed by atoms with E-state index in [1.54, 1.807) is 61.5 Å². The molecule has 1 unspecified atom stereocenters. The molecule has 10 nitrogen and oxygen atoms in total. The molecule has 1 aliphatic heterocycles. The first kappa shape index (κ1) is 39.9. The third kappa shape index (κ3) is 11.2. The van der Waals surface area contributed by atoms with Gasteiger partial charge in [0.05, 0.1) is 12.0 Å². The molecule has 0 spiro atoms. The van der Waals surface area contributed by atoms with Crippen LogP contribution >= 0.6 is 11.6 Å². The minimum Gasteiger partial charge on any atom is -0.453 e. The van der Waals surface area contributed by atoms with Crippen molar-refractivity contribution in [2.45, 2.75) is 62.9 Å². The molecule has 0 radical (unpaired) electrons. The summed E-state index contributed by atoms with van der Waals surface area (Å²) in [7, 11) is -2.60. The third-order valence-corrected chi connectivity index (χ3v) is 10.7. The summed E-state index contributed by atoms with van der Waals surface area (Å²) in [5.74, 6) is -1.97. The Labute approximate surface area is 294 Å². The fourth-order valence-electron chi connectivity index (χ4n) is 5.94. The fourth-order valence-corrected chi connectivity index (χ4v) is 7.74. The van der Waals surface area contributed by atoms with Gasteiger partial charge in [0.25, 0.3) is 0 Å². The maximum absolute atomic E-state index is 15.7. The van der Waals surface area contributed by atoms with Crippen LogP contribution in [0.4, 0.5) is 9.18 Å². The number of carbonyl (C=O) groups excluding carboxylic acids is 2. The van der Waals surface area contributed by atoms with E-state index in [2.05, 4.69) is 22.5 Å². The highest BCUT2D eigenvalue weighted by molar-refractivity contribution is 7.89. The summed E-state index contributed by atoms with van der Waals surface area (Å²) in [4.78, 5) is 26.9. The second-order valence-corrected chi connectivity index (χ2v) is 14.1. The molecule has 0 saturated carbocycles. The lowest BCUT2D eigenvalue weighted by molar-refractivity contribution is -0.123. The first-order chi connectivity index (χ1) is 23.4. The molecule has 2 aromatic rings. The number of amides is 2. The Kier molecular flexibility index (Phi) is 15.9. The van der Waals surface area contributed by atoms with Gasteiger partial charge in [-0.1, -0.05) is 61.5 Å². The smallest absolute Gasteiger partial charge is 0.407 e. The van der Waals surface area contributed by atoms with Gasteiger partial charge < -0.3 is 25.4 Å². The standard InChI is InChI=1S/C36H48ClFN4O6S/c1-6-11-32(38)31(19-18-29-24-39-21-22-42(29)49(45,46)30-12-9-8-10-13-30)26(4)40-35(43)34(41-36(44)47-5)33(25(3)20-23-48-7-2)27-14-16-28(37)17-15-27/h6,8-17,25,29,33-34,39H,4,7,18-24H2,1-3,5H3,(H,40,43)(H,41,44)/b11-6-,32-31+/t25?,29-,33+,34-/m0/s1. The van der Waals surface area contributed by atoms with Crippen molar-refractivity contribution in [2.75, 3.05) is 40.0 Å². The molecule has 1 heterocycles. The lowest BCUT2D eigenvalue weighted by Crippen LogP contribution is -2.53. The van der Waals surface area contributed by atoms with Crippen molar-refractivity contribution in [1.29, 1.82) is 0 Å². The maximum atomic E-state index is 15.7. The molecule has 1 fully saturated rings. The van der Waals surface area contributed by atoms with Crippen LogP contribution in [0, 0.1) is 5.92 Å². The Bertz CT molecular complexity index is 1570. The molecule has 4 atom stereocenters. The van der Waals surface area contributed by atoms with E-state index in [4.69, 9.17) is 21.1 Å². The summed E-state index contributed by atoms with van der Waals surface area (Å²) in [6.07, 6.45) is 2.87. The number of carbonyl (C=O) groups is 2. The van der Waals surface area contributed by atoms with Crippen LogP contribution in [0.5, 0.6) is 0 Å². The summed E-state index contributed by atoms with van der Waals surface area (Å²) >= 11 is 6.17. The van der Waals surface area contributed by atoms with E-state index >= 15 is 4.39 Å². The Morgan fingerprint density at radius 2 is 1.88 bits per heavy atom. The minimum absolute atomic E-state index is 0.00433. The van der Waals surface area contributed by atoms with Gasteiger partial charge in [-0.2, -0.15) is 4.31 Å². The zero-order valence-electron chi connectivity index (χ0n) is 28.6. The van der Waals surface area contributed by atoms with Crippen LogP contribution in [-0.4, -0.2) is 76.8 Å². The van der Waals surface area contributed by atoms with E-state index in [-0.39, 0.29) is 41.5 Å².